The van der Waals surface area contributed by atoms with E-state index in [1.807, 2.05) is 0 Å². The van der Waals surface area contributed by atoms with E-state index in [4.69, 9.17) is 5.73 Å². The summed E-state index contributed by atoms with van der Waals surface area (Å²) in [5.41, 5.74) is 5.59. The van der Waals surface area contributed by atoms with Gasteiger partial charge in [0.05, 0.1) is 0 Å². The molecule has 0 saturated carbocycles. The molecule has 0 bridgehead atoms. The lowest BCUT2D eigenvalue weighted by Crippen LogP contribution is -2.49. The van der Waals surface area contributed by atoms with Crippen LogP contribution in [0.15, 0.2) is 0 Å². The first-order chi connectivity index (χ1) is 7.52. The van der Waals surface area contributed by atoms with Crippen LogP contribution in [0.5, 0.6) is 0 Å². The zero-order valence-corrected chi connectivity index (χ0v) is 11.7. The molecule has 0 radical (unpaired) electrons. The third-order valence-corrected chi connectivity index (χ3v) is 3.26. The van der Waals surface area contributed by atoms with Crippen LogP contribution in [0.1, 0.15) is 20.3 Å². The Morgan fingerprint density at radius 1 is 1.65 bits per heavy atom. The molecule has 1 fully saturated rings. The van der Waals surface area contributed by atoms with Crippen molar-refractivity contribution >= 4 is 35.3 Å². The van der Waals surface area contributed by atoms with Gasteiger partial charge in [0.1, 0.15) is 6.04 Å². The largest absolute Gasteiger partial charge is 0.350 e. The van der Waals surface area contributed by atoms with Crippen LogP contribution in [0.3, 0.4) is 0 Å². The highest BCUT2D eigenvalue weighted by molar-refractivity contribution is 8.14. The molecular formula is C10H20ClN3O2S. The summed E-state index contributed by atoms with van der Waals surface area (Å²) >= 11 is 1.14. The molecule has 0 aromatic rings. The molecule has 1 unspecified atom stereocenters. The zero-order valence-electron chi connectivity index (χ0n) is 10.1. The maximum atomic E-state index is 11.7. The average molecular weight is 282 g/mol. The summed E-state index contributed by atoms with van der Waals surface area (Å²) in [4.78, 5) is 22.7. The summed E-state index contributed by atoms with van der Waals surface area (Å²) in [5, 5.41) is 5.34. The summed E-state index contributed by atoms with van der Waals surface area (Å²) in [5.74, 6) is 0.861. The fraction of sp³-hybridized carbons (Fsp3) is 0.800. The maximum absolute atomic E-state index is 11.7. The lowest BCUT2D eigenvalue weighted by molar-refractivity contribution is -0.123. The van der Waals surface area contributed by atoms with Crippen LogP contribution in [0.2, 0.25) is 0 Å². The predicted molar refractivity (Wildman–Crippen MR) is 72.5 cm³/mol. The molecule has 2 amide bonds. The number of nitrogens with one attached hydrogen (secondary N) is 2. The molecule has 1 aliphatic heterocycles. The fourth-order valence-electron chi connectivity index (χ4n) is 1.61. The van der Waals surface area contributed by atoms with Crippen molar-refractivity contribution < 1.29 is 9.59 Å². The molecule has 17 heavy (non-hydrogen) atoms. The van der Waals surface area contributed by atoms with E-state index in [2.05, 4.69) is 24.5 Å². The highest BCUT2D eigenvalue weighted by Gasteiger charge is 2.29. The Morgan fingerprint density at radius 2 is 2.29 bits per heavy atom. The van der Waals surface area contributed by atoms with E-state index < -0.39 is 6.04 Å². The molecule has 4 N–H and O–H groups in total. The van der Waals surface area contributed by atoms with Crippen LogP contribution in [-0.4, -0.2) is 35.5 Å². The smallest absolute Gasteiger partial charge is 0.279 e. The lowest BCUT2D eigenvalue weighted by atomic mass is 10.0. The van der Waals surface area contributed by atoms with E-state index in [1.165, 1.54) is 0 Å². The minimum atomic E-state index is -0.404. The molecule has 1 heterocycles. The van der Waals surface area contributed by atoms with Crippen molar-refractivity contribution in [3.05, 3.63) is 0 Å². The van der Waals surface area contributed by atoms with Crippen LogP contribution < -0.4 is 16.4 Å². The number of halogens is 1. The minimum Gasteiger partial charge on any atom is -0.350 e. The number of rotatable bonds is 5. The normalized spacial score (nSPS) is 20.7. The van der Waals surface area contributed by atoms with E-state index in [9.17, 15) is 9.59 Å². The molecule has 100 valence electrons. The summed E-state index contributed by atoms with van der Waals surface area (Å²) in [6.45, 7) is 4.60. The topological polar surface area (TPSA) is 84.2 Å². The Labute approximate surface area is 112 Å². The van der Waals surface area contributed by atoms with Gasteiger partial charge in [-0.25, -0.2) is 0 Å². The molecule has 0 aliphatic carbocycles. The van der Waals surface area contributed by atoms with Crippen molar-refractivity contribution in [1.82, 2.24) is 10.6 Å². The third-order valence-electron chi connectivity index (χ3n) is 2.38. The molecule has 1 aliphatic rings. The molecule has 7 heteroatoms. The minimum absolute atomic E-state index is 0. The summed E-state index contributed by atoms with van der Waals surface area (Å²) < 4.78 is 0. The van der Waals surface area contributed by atoms with E-state index in [-0.39, 0.29) is 29.6 Å². The Bertz CT molecular complexity index is 276. The molecule has 0 spiro atoms. The van der Waals surface area contributed by atoms with E-state index in [0.29, 0.717) is 18.2 Å². The lowest BCUT2D eigenvalue weighted by Gasteiger charge is -2.20. The van der Waals surface area contributed by atoms with Crippen LogP contribution in [-0.2, 0) is 4.79 Å². The van der Waals surface area contributed by atoms with Crippen LogP contribution in [0.25, 0.3) is 0 Å². The Morgan fingerprint density at radius 3 is 2.71 bits per heavy atom. The van der Waals surface area contributed by atoms with Gasteiger partial charge < -0.3 is 16.4 Å². The van der Waals surface area contributed by atoms with Crippen molar-refractivity contribution in [3.8, 4) is 0 Å². The number of thioether (sulfide) groups is 1. The first kappa shape index (κ1) is 16.5. The summed E-state index contributed by atoms with van der Waals surface area (Å²) in [7, 11) is 0. The standard InChI is InChI=1S/C10H19N3O2S.ClH/c1-6(2)3-7(4-11)12-9(14)8-5-16-10(15)13-8;/h6-8H,3-5,11H2,1-2H3,(H,12,14)(H,13,15);1H/t7?,8-;/m0./s1. The fourth-order valence-corrected chi connectivity index (χ4v) is 2.39. The van der Waals surface area contributed by atoms with Gasteiger partial charge in [0.2, 0.25) is 5.91 Å². The van der Waals surface area contributed by atoms with Gasteiger partial charge >= 0.3 is 0 Å². The Balaban J connectivity index is 0.00000256. The van der Waals surface area contributed by atoms with Crippen molar-refractivity contribution in [1.29, 1.82) is 0 Å². The van der Waals surface area contributed by atoms with Crippen LogP contribution in [0.4, 0.5) is 4.79 Å². The molecule has 0 aromatic heterocycles. The molecular weight excluding hydrogens is 262 g/mol. The molecule has 0 aromatic carbocycles. The van der Waals surface area contributed by atoms with E-state index >= 15 is 0 Å². The van der Waals surface area contributed by atoms with Crippen molar-refractivity contribution in [3.63, 3.8) is 0 Å². The zero-order chi connectivity index (χ0) is 12.1. The van der Waals surface area contributed by atoms with Gasteiger partial charge in [0, 0.05) is 18.3 Å². The second-order valence-electron chi connectivity index (χ2n) is 4.37. The highest BCUT2D eigenvalue weighted by atomic mass is 35.5. The van der Waals surface area contributed by atoms with Crippen molar-refractivity contribution in [2.45, 2.75) is 32.4 Å². The van der Waals surface area contributed by atoms with Gasteiger partial charge in [-0.3, -0.25) is 9.59 Å². The van der Waals surface area contributed by atoms with Crippen LogP contribution in [0, 0.1) is 5.92 Å². The molecule has 1 rings (SSSR count). The highest BCUT2D eigenvalue weighted by Crippen LogP contribution is 2.13. The van der Waals surface area contributed by atoms with E-state index in [0.717, 1.165) is 18.2 Å². The maximum Gasteiger partial charge on any atom is 0.279 e. The number of carbonyl (C=O) groups excluding carboxylic acids is 2. The van der Waals surface area contributed by atoms with E-state index in [1.54, 1.807) is 0 Å². The Kier molecular flexibility index (Phi) is 7.58. The number of carbonyl (C=O) groups is 2. The number of nitrogens with two attached hydrogens (primary N) is 1. The second kappa shape index (κ2) is 7.79. The monoisotopic (exact) mass is 281 g/mol. The summed E-state index contributed by atoms with van der Waals surface area (Å²) in [6, 6.07) is -0.409. The first-order valence-corrected chi connectivity index (χ1v) is 6.45. The molecule has 1 saturated heterocycles. The van der Waals surface area contributed by atoms with Gasteiger partial charge in [-0.1, -0.05) is 25.6 Å². The average Bonchev–Trinajstić information content (AvgIpc) is 2.63. The van der Waals surface area contributed by atoms with Crippen LogP contribution >= 0.6 is 24.2 Å². The van der Waals surface area contributed by atoms with Gasteiger partial charge in [-0.05, 0) is 12.3 Å². The SMILES string of the molecule is CC(C)CC(CN)NC(=O)[C@@H]1CSC(=O)N1.Cl. The van der Waals surface area contributed by atoms with Gasteiger partial charge in [-0.2, -0.15) is 0 Å². The van der Waals surface area contributed by atoms with Gasteiger partial charge in [0.15, 0.2) is 0 Å². The number of hydrogen-bond acceptors (Lipinski definition) is 4. The molecule has 5 nitrogen and oxygen atoms in total. The first-order valence-electron chi connectivity index (χ1n) is 5.46. The van der Waals surface area contributed by atoms with Gasteiger partial charge in [-0.15, -0.1) is 12.4 Å². The summed E-state index contributed by atoms with van der Waals surface area (Å²) in [6.07, 6.45) is 0.857. The van der Waals surface area contributed by atoms with Crippen molar-refractivity contribution in [2.24, 2.45) is 11.7 Å². The quantitative estimate of drug-likeness (QED) is 0.693. The number of amides is 2. The molecule has 2 atom stereocenters. The van der Waals surface area contributed by atoms with Crippen molar-refractivity contribution in [2.75, 3.05) is 12.3 Å². The predicted octanol–water partition coefficient (Wildman–Crippen LogP) is 0.723. The second-order valence-corrected chi connectivity index (χ2v) is 5.36. The third kappa shape index (κ3) is 5.61. The number of hydrogen-bond donors (Lipinski definition) is 3. The van der Waals surface area contributed by atoms with Gasteiger partial charge in [0.25, 0.3) is 5.24 Å². The Hall–Kier alpha value is -0.460.